The predicted octanol–water partition coefficient (Wildman–Crippen LogP) is 15.5. The molecule has 19 nitrogen and oxygen atoms in total. The fourth-order valence-corrected chi connectivity index (χ4v) is 11.7. The van der Waals surface area contributed by atoms with E-state index in [2.05, 4.69) is 75.2 Å². The highest BCUT2D eigenvalue weighted by atomic mass is 28.4. The van der Waals surface area contributed by atoms with E-state index in [1.807, 2.05) is 98.0 Å². The van der Waals surface area contributed by atoms with Crippen LogP contribution >= 0.6 is 0 Å². The molecule has 9 N–H and O–H groups in total. The van der Waals surface area contributed by atoms with E-state index in [4.69, 9.17) is 45.2 Å². The summed E-state index contributed by atoms with van der Waals surface area (Å²) in [4.78, 5) is 47.7. The highest BCUT2D eigenvalue weighted by Gasteiger charge is 2.40. The van der Waals surface area contributed by atoms with Gasteiger partial charge in [0, 0.05) is 69.8 Å². The van der Waals surface area contributed by atoms with Gasteiger partial charge >= 0.3 is 5.69 Å². The average Bonchev–Trinajstić information content (AvgIpc) is 0.817. The van der Waals surface area contributed by atoms with E-state index in [1.54, 1.807) is 54.6 Å². The van der Waals surface area contributed by atoms with Gasteiger partial charge in [0.1, 0.15) is 69.7 Å². The van der Waals surface area contributed by atoms with Crippen molar-refractivity contribution in [1.29, 1.82) is 0 Å². The molecular weight excluding hydrogens is 1240 g/mol. The molecule has 0 spiro atoms. The standard InChI is InChI=1S/C26H32FN3O5Si.C26H34FN3O3Si.C18H18FN3O2/c1-17(31)28-20-9-11-23-18(13-20)7-10-22(29-23)19-8-12-24(30(32)33)25(14-19)34-16-21(15-27)35-36(5,6)26(2,3)4;1-17(31)29-20-9-12-24-18(13-20)8-11-23(30-24)19-7-10-22(28)25(14-19)32-16-21(15-27)33-34(5,6)26(2,3)4;19-9-14(23)10-24-18-8-12(1-4-15(18)21)16-5-2-11-7-13(20)3-6-17(11)22-16/h7-14,21H,15-16H2,1-6H3,(H,28,31);7-14,21H,15-16,28H2,1-6H3,(H,29,31);1-8,14,23H,9-10,20-21H2. The number of nitro benzene ring substituents is 1. The minimum absolute atomic E-state index is 0.0238. The number of halogens is 3. The van der Waals surface area contributed by atoms with Gasteiger partial charge in [-0.25, -0.2) is 28.1 Å². The van der Waals surface area contributed by atoms with Gasteiger partial charge in [-0.15, -0.1) is 0 Å². The molecule has 3 aromatic heterocycles. The molecular formula is C70H84F3N9O10Si2. The molecule has 0 aliphatic rings. The molecule has 0 fully saturated rings. The number of aliphatic hydroxyl groups is 1. The van der Waals surface area contributed by atoms with E-state index >= 15 is 0 Å². The smallest absolute Gasteiger partial charge is 0.310 e. The monoisotopic (exact) mass is 1320 g/mol. The number of aliphatic hydroxyl groups excluding tert-OH is 1. The molecule has 94 heavy (non-hydrogen) atoms. The second-order valence-corrected chi connectivity index (χ2v) is 35.2. The van der Waals surface area contributed by atoms with Crippen LogP contribution in [0.15, 0.2) is 146 Å². The predicted molar refractivity (Wildman–Crippen MR) is 375 cm³/mol. The fourth-order valence-electron chi connectivity index (χ4n) is 9.02. The summed E-state index contributed by atoms with van der Waals surface area (Å²) in [7, 11) is -4.38. The summed E-state index contributed by atoms with van der Waals surface area (Å²) in [6.45, 7) is 21.2. The molecule has 0 saturated heterocycles. The van der Waals surface area contributed by atoms with E-state index in [1.165, 1.54) is 19.9 Å². The molecule has 0 saturated carbocycles. The van der Waals surface area contributed by atoms with E-state index in [0.717, 1.165) is 55.4 Å². The van der Waals surface area contributed by atoms with Gasteiger partial charge in [0.05, 0.1) is 49.9 Å². The van der Waals surface area contributed by atoms with E-state index in [-0.39, 0.29) is 53.1 Å². The lowest BCUT2D eigenvalue weighted by Gasteiger charge is -2.38. The lowest BCUT2D eigenvalue weighted by atomic mass is 10.1. The number of hydrogen-bond acceptors (Lipinski definition) is 16. The number of amides is 2. The van der Waals surface area contributed by atoms with Gasteiger partial charge in [-0.3, -0.25) is 19.7 Å². The van der Waals surface area contributed by atoms with Crippen LogP contribution in [0.3, 0.4) is 0 Å². The summed E-state index contributed by atoms with van der Waals surface area (Å²) in [5.74, 6) is 0.597. The number of nitrogen functional groups attached to an aromatic ring is 3. The molecule has 3 unspecified atom stereocenters. The number of carbonyl (C=O) groups excluding carboxylic acids is 2. The van der Waals surface area contributed by atoms with Gasteiger partial charge < -0.3 is 56.0 Å². The van der Waals surface area contributed by atoms with Crippen LogP contribution in [0.1, 0.15) is 55.4 Å². The summed E-state index contributed by atoms with van der Waals surface area (Å²) >= 11 is 0. The first kappa shape index (κ1) is 72.2. The van der Waals surface area contributed by atoms with Crippen LogP contribution in [0.5, 0.6) is 17.2 Å². The molecule has 3 atom stereocenters. The van der Waals surface area contributed by atoms with Crippen LogP contribution in [0.2, 0.25) is 36.3 Å². The van der Waals surface area contributed by atoms with Crippen LogP contribution in [0.4, 0.5) is 47.3 Å². The molecule has 24 heteroatoms. The number of nitrogens with one attached hydrogen (secondary N) is 2. The highest BCUT2D eigenvalue weighted by molar-refractivity contribution is 6.74. The van der Waals surface area contributed by atoms with Crippen LogP contribution < -0.4 is 42.0 Å². The Bertz CT molecular complexity index is 4150. The number of aromatic nitrogens is 3. The molecule has 0 aliphatic heterocycles. The lowest BCUT2D eigenvalue weighted by Crippen LogP contribution is -2.46. The fraction of sp³-hybridized carbons (Fsp3) is 0.329. The minimum Gasteiger partial charge on any atom is -0.489 e. The molecule has 2 amide bonds. The third kappa shape index (κ3) is 19.4. The van der Waals surface area contributed by atoms with E-state index < -0.39 is 59.9 Å². The van der Waals surface area contributed by atoms with E-state index in [0.29, 0.717) is 51.0 Å². The Morgan fingerprint density at radius 2 is 0.894 bits per heavy atom. The van der Waals surface area contributed by atoms with Crippen LogP contribution in [-0.2, 0) is 18.4 Å². The van der Waals surface area contributed by atoms with Gasteiger partial charge in [-0.05, 0) is 145 Å². The van der Waals surface area contributed by atoms with Crippen molar-refractivity contribution in [2.75, 3.05) is 67.7 Å². The average molecular weight is 1320 g/mol. The first-order chi connectivity index (χ1) is 44.3. The van der Waals surface area contributed by atoms with Crippen LogP contribution in [0.25, 0.3) is 66.5 Å². The quantitative estimate of drug-likeness (QED) is 0.0159. The Balaban J connectivity index is 0.000000203. The van der Waals surface area contributed by atoms with Crippen LogP contribution in [-0.4, -0.2) is 112 Å². The van der Waals surface area contributed by atoms with Gasteiger partial charge in [0.2, 0.25) is 11.8 Å². The first-order valence-electron chi connectivity index (χ1n) is 30.5. The molecule has 0 bridgehead atoms. The number of hydrogen-bond donors (Lipinski definition) is 6. The number of alkyl halides is 3. The van der Waals surface area contributed by atoms with Crippen molar-refractivity contribution >= 4 is 95.3 Å². The summed E-state index contributed by atoms with van der Waals surface area (Å²) < 4.78 is 69.2. The maximum absolute atomic E-state index is 13.8. The first-order valence-corrected chi connectivity index (χ1v) is 36.3. The minimum atomic E-state index is -2.25. The van der Waals surface area contributed by atoms with E-state index in [9.17, 15) is 38.0 Å². The van der Waals surface area contributed by atoms with Crippen molar-refractivity contribution in [2.24, 2.45) is 0 Å². The zero-order valence-electron chi connectivity index (χ0n) is 55.1. The normalized spacial score (nSPS) is 12.8. The Hall–Kier alpha value is -9.21. The van der Waals surface area contributed by atoms with Crippen LogP contribution in [0, 0.1) is 10.1 Å². The van der Waals surface area contributed by atoms with Crippen molar-refractivity contribution in [3.8, 4) is 51.0 Å². The van der Waals surface area contributed by atoms with Crippen molar-refractivity contribution in [2.45, 2.75) is 110 Å². The number of fused-ring (bicyclic) bond motifs is 3. The summed E-state index contributed by atoms with van der Waals surface area (Å²) in [5, 5.41) is 29.0. The Morgan fingerprint density at radius 3 is 1.28 bits per heavy atom. The molecule has 9 aromatic rings. The number of rotatable bonds is 22. The Morgan fingerprint density at radius 1 is 0.521 bits per heavy atom. The molecule has 498 valence electrons. The number of benzene rings is 6. The number of anilines is 5. The molecule has 0 aliphatic carbocycles. The molecule has 0 radical (unpaired) electrons. The molecule has 6 aromatic carbocycles. The second kappa shape index (κ2) is 31.1. The second-order valence-electron chi connectivity index (χ2n) is 25.7. The third-order valence-electron chi connectivity index (χ3n) is 16.1. The van der Waals surface area contributed by atoms with Crippen molar-refractivity contribution in [3.05, 3.63) is 156 Å². The Kier molecular flexibility index (Phi) is 23.9. The number of nitrogens with two attached hydrogens (primary N) is 3. The SMILES string of the molecule is CC(=O)Nc1ccc2nc(-c3ccc(N)c(OCC(CF)O[Si](C)(C)C(C)(C)C)c3)ccc2c1.CC(=O)Nc1ccc2nc(-c3ccc([N+](=O)[O-])c(OCC(CF)O[Si](C)(C)C(C)(C)C)c3)ccc2c1.Nc1ccc2nc(-c3ccc(N)c(OCC(O)CF)c3)ccc2c1. The number of nitrogens with zero attached hydrogens (tertiary/aromatic N) is 4. The topological polar surface area (TPSA) is 284 Å². The number of ether oxygens (including phenoxy) is 3. The van der Waals surface area contributed by atoms with Gasteiger partial charge in [-0.1, -0.05) is 71.9 Å². The van der Waals surface area contributed by atoms with Crippen molar-refractivity contribution in [1.82, 2.24) is 15.0 Å². The number of pyridine rings is 3. The maximum atomic E-state index is 13.8. The van der Waals surface area contributed by atoms with Gasteiger partial charge in [0.15, 0.2) is 22.4 Å². The zero-order chi connectivity index (χ0) is 68.9. The molecule has 3 heterocycles. The number of nitro groups is 1. The van der Waals surface area contributed by atoms with Gasteiger partial charge in [-0.2, -0.15) is 0 Å². The number of carbonyl (C=O) groups is 2. The molecule has 9 rings (SSSR count). The summed E-state index contributed by atoms with van der Waals surface area (Å²) in [5.41, 5.74) is 27.2. The summed E-state index contributed by atoms with van der Waals surface area (Å²) in [6, 6.07) is 43.0. The summed E-state index contributed by atoms with van der Waals surface area (Å²) in [6.07, 6.45) is -2.65. The third-order valence-corrected chi connectivity index (χ3v) is 25.2. The van der Waals surface area contributed by atoms with Gasteiger partial charge in [0.25, 0.3) is 0 Å². The zero-order valence-corrected chi connectivity index (χ0v) is 57.1. The highest BCUT2D eigenvalue weighted by Crippen LogP contribution is 2.40. The lowest BCUT2D eigenvalue weighted by molar-refractivity contribution is -0.385. The maximum Gasteiger partial charge on any atom is 0.310 e. The Labute approximate surface area is 548 Å². The van der Waals surface area contributed by atoms with Crippen molar-refractivity contribution in [3.63, 3.8) is 0 Å². The van der Waals surface area contributed by atoms with Crippen molar-refractivity contribution < 1.29 is 55.9 Å². The largest absolute Gasteiger partial charge is 0.489 e.